The zero-order valence-corrected chi connectivity index (χ0v) is 8.85. The molecule has 1 aromatic rings. The Bertz CT molecular complexity index is 273. The molecular weight excluding hydrogens is 205 g/mol. The lowest BCUT2D eigenvalue weighted by Crippen LogP contribution is -2.83. The van der Waals surface area contributed by atoms with Gasteiger partial charge in [0, 0.05) is 7.11 Å². The minimum absolute atomic E-state index is 0.244. The number of halogens is 2. The fourth-order valence-electron chi connectivity index (χ4n) is 1.17. The van der Waals surface area contributed by atoms with E-state index in [1.807, 2.05) is 5.32 Å². The molecule has 0 bridgehead atoms. The van der Waals surface area contributed by atoms with Gasteiger partial charge in [-0.15, -0.1) is 0 Å². The van der Waals surface area contributed by atoms with Crippen LogP contribution in [0.25, 0.3) is 0 Å². The molecule has 14 heavy (non-hydrogen) atoms. The van der Waals surface area contributed by atoms with Gasteiger partial charge in [0.15, 0.2) is 0 Å². The van der Waals surface area contributed by atoms with Crippen LogP contribution in [0.1, 0.15) is 5.56 Å². The zero-order valence-electron chi connectivity index (χ0n) is 8.09. The summed E-state index contributed by atoms with van der Waals surface area (Å²) in [5, 5.41) is 2.45. The van der Waals surface area contributed by atoms with Gasteiger partial charge in [-0.05, 0) is 12.1 Å². The molecule has 0 saturated carbocycles. The summed E-state index contributed by atoms with van der Waals surface area (Å²) < 4.78 is 18.1. The Balaban J connectivity index is 2.49. The van der Waals surface area contributed by atoms with Crippen molar-refractivity contribution < 1.29 is 14.4 Å². The molecular formula is C10H14ClFNO+. The van der Waals surface area contributed by atoms with Crippen molar-refractivity contribution in [2.24, 2.45) is 0 Å². The van der Waals surface area contributed by atoms with E-state index >= 15 is 0 Å². The van der Waals surface area contributed by atoms with Gasteiger partial charge in [0.2, 0.25) is 0 Å². The third-order valence-corrected chi connectivity index (χ3v) is 2.29. The maximum Gasteiger partial charge on any atom is 0.133 e. The van der Waals surface area contributed by atoms with Gasteiger partial charge in [0.1, 0.15) is 12.4 Å². The number of hydrogen-bond donors (Lipinski definition) is 1. The Kier molecular flexibility index (Phi) is 4.87. The van der Waals surface area contributed by atoms with Crippen LogP contribution >= 0.6 is 11.6 Å². The molecule has 0 amide bonds. The zero-order chi connectivity index (χ0) is 10.4. The minimum Gasteiger partial charge on any atom is -0.379 e. The van der Waals surface area contributed by atoms with Crippen LogP contribution < -0.4 is 5.32 Å². The lowest BCUT2D eigenvalue weighted by molar-refractivity contribution is -0.672. The van der Waals surface area contributed by atoms with Crippen LogP contribution in [0.2, 0.25) is 5.02 Å². The van der Waals surface area contributed by atoms with E-state index in [-0.39, 0.29) is 5.82 Å². The molecule has 2 N–H and O–H groups in total. The van der Waals surface area contributed by atoms with Crippen LogP contribution in [-0.4, -0.2) is 20.3 Å². The summed E-state index contributed by atoms with van der Waals surface area (Å²) in [7, 11) is 1.64. The second-order valence-electron chi connectivity index (χ2n) is 2.97. The molecule has 0 fully saturated rings. The quantitative estimate of drug-likeness (QED) is 0.739. The van der Waals surface area contributed by atoms with E-state index in [2.05, 4.69) is 0 Å². The first-order valence-corrected chi connectivity index (χ1v) is 4.87. The van der Waals surface area contributed by atoms with E-state index in [4.69, 9.17) is 16.3 Å². The smallest absolute Gasteiger partial charge is 0.133 e. The highest BCUT2D eigenvalue weighted by molar-refractivity contribution is 6.31. The minimum atomic E-state index is -0.244. The van der Waals surface area contributed by atoms with E-state index in [1.54, 1.807) is 19.2 Å². The maximum absolute atomic E-state index is 13.2. The second-order valence-corrected chi connectivity index (χ2v) is 3.38. The Morgan fingerprint density at radius 2 is 2.29 bits per heavy atom. The van der Waals surface area contributed by atoms with Gasteiger partial charge in [0.05, 0.1) is 23.7 Å². The summed E-state index contributed by atoms with van der Waals surface area (Å²) in [5.74, 6) is -0.244. The Hall–Kier alpha value is -0.640. The molecule has 0 aliphatic heterocycles. The van der Waals surface area contributed by atoms with Gasteiger partial charge < -0.3 is 10.1 Å². The molecule has 1 rings (SSSR count). The number of rotatable bonds is 5. The first kappa shape index (κ1) is 11.4. The van der Waals surface area contributed by atoms with Crippen molar-refractivity contribution in [1.29, 1.82) is 0 Å². The highest BCUT2D eigenvalue weighted by Crippen LogP contribution is 2.17. The standard InChI is InChI=1S/C10H13ClFNO/c1-14-6-5-13-7-8-9(11)3-2-4-10(8)12/h2-4,13H,5-7H2,1H3/p+1. The van der Waals surface area contributed by atoms with Gasteiger partial charge in [-0.25, -0.2) is 4.39 Å². The van der Waals surface area contributed by atoms with Gasteiger partial charge in [-0.3, -0.25) is 0 Å². The van der Waals surface area contributed by atoms with Gasteiger partial charge in [-0.1, -0.05) is 17.7 Å². The molecule has 0 aliphatic rings. The summed E-state index contributed by atoms with van der Waals surface area (Å²) in [6.07, 6.45) is 0. The molecule has 0 aromatic heterocycles. The fourth-order valence-corrected chi connectivity index (χ4v) is 1.42. The molecule has 78 valence electrons. The summed E-state index contributed by atoms with van der Waals surface area (Å²) in [6, 6.07) is 4.73. The first-order chi connectivity index (χ1) is 6.75. The molecule has 0 heterocycles. The van der Waals surface area contributed by atoms with Crippen LogP contribution in [-0.2, 0) is 11.3 Å². The molecule has 1 aromatic carbocycles. The maximum atomic E-state index is 13.2. The number of quaternary nitrogens is 1. The molecule has 0 saturated heterocycles. The van der Waals surface area contributed by atoms with E-state index < -0.39 is 0 Å². The van der Waals surface area contributed by atoms with Gasteiger partial charge in [0.25, 0.3) is 0 Å². The normalized spacial score (nSPS) is 10.5. The molecule has 0 radical (unpaired) electrons. The summed E-state index contributed by atoms with van der Waals surface area (Å²) in [6.45, 7) is 2.02. The summed E-state index contributed by atoms with van der Waals surface area (Å²) in [5.41, 5.74) is 0.560. The third-order valence-electron chi connectivity index (χ3n) is 1.94. The highest BCUT2D eigenvalue weighted by atomic mass is 35.5. The Morgan fingerprint density at radius 3 is 2.93 bits per heavy atom. The number of benzene rings is 1. The van der Waals surface area contributed by atoms with E-state index in [0.717, 1.165) is 6.54 Å². The van der Waals surface area contributed by atoms with Crippen molar-refractivity contribution in [3.63, 3.8) is 0 Å². The molecule has 0 aliphatic carbocycles. The average Bonchev–Trinajstić information content (AvgIpc) is 2.16. The molecule has 0 unspecified atom stereocenters. The lowest BCUT2D eigenvalue weighted by atomic mass is 10.2. The largest absolute Gasteiger partial charge is 0.379 e. The number of methoxy groups -OCH3 is 1. The third kappa shape index (κ3) is 3.25. The first-order valence-electron chi connectivity index (χ1n) is 4.49. The van der Waals surface area contributed by atoms with Gasteiger partial charge in [-0.2, -0.15) is 0 Å². The average molecular weight is 219 g/mol. The fraction of sp³-hybridized carbons (Fsp3) is 0.400. The van der Waals surface area contributed by atoms with Crippen LogP contribution in [0, 0.1) is 5.82 Å². The Morgan fingerprint density at radius 1 is 1.50 bits per heavy atom. The predicted molar refractivity (Wildman–Crippen MR) is 53.8 cm³/mol. The molecule has 4 heteroatoms. The van der Waals surface area contributed by atoms with Crippen molar-refractivity contribution in [3.05, 3.63) is 34.6 Å². The summed E-state index contributed by atoms with van der Waals surface area (Å²) in [4.78, 5) is 0. The van der Waals surface area contributed by atoms with Crippen molar-refractivity contribution in [3.8, 4) is 0 Å². The van der Waals surface area contributed by atoms with Crippen LogP contribution in [0.3, 0.4) is 0 Å². The Labute approximate surface area is 88.0 Å². The molecule has 0 atom stereocenters. The topological polar surface area (TPSA) is 25.8 Å². The van der Waals surface area contributed by atoms with Crippen molar-refractivity contribution >= 4 is 11.6 Å². The van der Waals surface area contributed by atoms with E-state index in [1.165, 1.54) is 6.07 Å². The van der Waals surface area contributed by atoms with E-state index in [9.17, 15) is 4.39 Å². The molecule has 2 nitrogen and oxygen atoms in total. The monoisotopic (exact) mass is 218 g/mol. The highest BCUT2D eigenvalue weighted by Gasteiger charge is 2.07. The number of nitrogens with two attached hydrogens (primary N) is 1. The van der Waals surface area contributed by atoms with Crippen molar-refractivity contribution in [2.75, 3.05) is 20.3 Å². The van der Waals surface area contributed by atoms with Crippen molar-refractivity contribution in [1.82, 2.24) is 0 Å². The van der Waals surface area contributed by atoms with Gasteiger partial charge >= 0.3 is 0 Å². The van der Waals surface area contributed by atoms with E-state index in [0.29, 0.717) is 23.7 Å². The second kappa shape index (κ2) is 5.96. The predicted octanol–water partition coefficient (Wildman–Crippen LogP) is 1.19. The number of ether oxygens (including phenoxy) is 1. The van der Waals surface area contributed by atoms with Crippen LogP contribution in [0.5, 0.6) is 0 Å². The van der Waals surface area contributed by atoms with Crippen molar-refractivity contribution in [2.45, 2.75) is 6.54 Å². The molecule has 0 spiro atoms. The van der Waals surface area contributed by atoms with Crippen LogP contribution in [0.15, 0.2) is 18.2 Å². The SMILES string of the molecule is COCC[NH2+]Cc1c(F)cccc1Cl. The summed E-state index contributed by atoms with van der Waals surface area (Å²) >= 11 is 5.85. The van der Waals surface area contributed by atoms with Crippen LogP contribution in [0.4, 0.5) is 4.39 Å². The number of hydrogen-bond acceptors (Lipinski definition) is 1. The lowest BCUT2D eigenvalue weighted by Gasteiger charge is -2.04.